The zero-order valence-electron chi connectivity index (χ0n) is 12.2. The van der Waals surface area contributed by atoms with E-state index in [0.29, 0.717) is 5.41 Å². The van der Waals surface area contributed by atoms with Crippen molar-refractivity contribution in [3.63, 3.8) is 0 Å². The number of rotatable bonds is 5. The summed E-state index contributed by atoms with van der Waals surface area (Å²) in [4.78, 5) is 0. The Labute approximate surface area is 107 Å². The Balaban J connectivity index is 1.78. The minimum absolute atomic E-state index is 0.571. The molecule has 100 valence electrons. The van der Waals surface area contributed by atoms with Gasteiger partial charge in [-0.2, -0.15) is 0 Å². The van der Waals surface area contributed by atoms with Crippen molar-refractivity contribution in [2.24, 2.45) is 29.1 Å². The maximum absolute atomic E-state index is 5.46. The average molecular weight is 238 g/mol. The van der Waals surface area contributed by atoms with Gasteiger partial charge in [0.15, 0.2) is 0 Å². The Morgan fingerprint density at radius 1 is 1.18 bits per heavy atom. The fraction of sp³-hybridized carbons (Fsp3) is 1.00. The van der Waals surface area contributed by atoms with Crippen molar-refractivity contribution >= 4 is 0 Å². The van der Waals surface area contributed by atoms with E-state index in [9.17, 15) is 0 Å². The van der Waals surface area contributed by atoms with Crippen molar-refractivity contribution < 1.29 is 4.74 Å². The van der Waals surface area contributed by atoms with E-state index in [1.54, 1.807) is 0 Å². The summed E-state index contributed by atoms with van der Waals surface area (Å²) in [5.41, 5.74) is 0.571. The van der Waals surface area contributed by atoms with Crippen molar-refractivity contribution in [3.05, 3.63) is 0 Å². The molecule has 2 rings (SSSR count). The van der Waals surface area contributed by atoms with Crippen molar-refractivity contribution in [2.75, 3.05) is 13.2 Å². The summed E-state index contributed by atoms with van der Waals surface area (Å²) in [7, 11) is 0. The van der Waals surface area contributed by atoms with Gasteiger partial charge in [-0.15, -0.1) is 0 Å². The molecular weight excluding hydrogens is 208 g/mol. The number of hydrogen-bond donors (Lipinski definition) is 0. The Morgan fingerprint density at radius 2 is 1.82 bits per heavy atom. The molecular formula is C16H30O. The molecule has 1 aliphatic carbocycles. The van der Waals surface area contributed by atoms with E-state index in [1.165, 1.54) is 32.1 Å². The lowest BCUT2D eigenvalue weighted by molar-refractivity contribution is 0.0473. The minimum Gasteiger partial charge on any atom is -0.381 e. The topological polar surface area (TPSA) is 9.23 Å². The SMILES string of the molecule is CC(C)CC1CC1C(C)(C)CC1CCOCC1. The summed E-state index contributed by atoms with van der Waals surface area (Å²) in [6, 6.07) is 0. The van der Waals surface area contributed by atoms with Crippen LogP contribution in [0, 0.1) is 29.1 Å². The van der Waals surface area contributed by atoms with Gasteiger partial charge in [-0.05, 0) is 61.2 Å². The lowest BCUT2D eigenvalue weighted by Gasteiger charge is -2.32. The Kier molecular flexibility index (Phi) is 4.18. The van der Waals surface area contributed by atoms with E-state index in [0.717, 1.165) is 36.9 Å². The van der Waals surface area contributed by atoms with Gasteiger partial charge in [0.2, 0.25) is 0 Å². The number of ether oxygens (including phenoxy) is 1. The van der Waals surface area contributed by atoms with E-state index in [-0.39, 0.29) is 0 Å². The summed E-state index contributed by atoms with van der Waals surface area (Å²) in [5, 5.41) is 0. The maximum atomic E-state index is 5.46. The Hall–Kier alpha value is -0.0400. The molecule has 0 bridgehead atoms. The van der Waals surface area contributed by atoms with Crippen LogP contribution in [0.3, 0.4) is 0 Å². The molecule has 0 spiro atoms. The highest BCUT2D eigenvalue weighted by Gasteiger charge is 2.47. The summed E-state index contributed by atoms with van der Waals surface area (Å²) < 4.78 is 5.46. The standard InChI is InChI=1S/C16H30O/c1-12(2)9-14-10-15(14)16(3,4)11-13-5-7-17-8-6-13/h12-15H,5-11H2,1-4H3. The van der Waals surface area contributed by atoms with Crippen LogP contribution in [0.4, 0.5) is 0 Å². The van der Waals surface area contributed by atoms with E-state index in [2.05, 4.69) is 27.7 Å². The molecule has 0 aromatic heterocycles. The third-order valence-electron chi connectivity index (χ3n) is 4.86. The van der Waals surface area contributed by atoms with Crippen LogP contribution >= 0.6 is 0 Å². The van der Waals surface area contributed by atoms with Crippen LogP contribution in [0.1, 0.15) is 59.8 Å². The van der Waals surface area contributed by atoms with E-state index in [1.807, 2.05) is 0 Å². The summed E-state index contributed by atoms with van der Waals surface area (Å²) in [6.07, 6.45) is 6.96. The lowest BCUT2D eigenvalue weighted by Crippen LogP contribution is -2.25. The van der Waals surface area contributed by atoms with Crippen LogP contribution in [0.5, 0.6) is 0 Å². The van der Waals surface area contributed by atoms with Crippen LogP contribution in [0.25, 0.3) is 0 Å². The highest BCUT2D eigenvalue weighted by atomic mass is 16.5. The Morgan fingerprint density at radius 3 is 2.41 bits per heavy atom. The molecule has 1 saturated carbocycles. The molecule has 2 atom stereocenters. The molecule has 1 heterocycles. The van der Waals surface area contributed by atoms with E-state index < -0.39 is 0 Å². The molecule has 1 nitrogen and oxygen atoms in total. The predicted octanol–water partition coefficient (Wildman–Crippen LogP) is 4.51. The highest BCUT2D eigenvalue weighted by Crippen LogP contribution is 2.56. The van der Waals surface area contributed by atoms with Crippen LogP contribution in [-0.2, 0) is 4.74 Å². The highest BCUT2D eigenvalue weighted by molar-refractivity contribution is 4.97. The second kappa shape index (κ2) is 5.30. The van der Waals surface area contributed by atoms with Gasteiger partial charge in [0, 0.05) is 13.2 Å². The molecule has 2 aliphatic rings. The molecule has 2 unspecified atom stereocenters. The second-order valence-corrected chi connectivity index (χ2v) is 7.48. The van der Waals surface area contributed by atoms with Gasteiger partial charge in [-0.3, -0.25) is 0 Å². The molecule has 2 fully saturated rings. The summed E-state index contributed by atoms with van der Waals surface area (Å²) in [5.74, 6) is 3.85. The normalized spacial score (nSPS) is 30.9. The van der Waals surface area contributed by atoms with Gasteiger partial charge in [0.25, 0.3) is 0 Å². The molecule has 0 aromatic carbocycles. The minimum atomic E-state index is 0.571. The monoisotopic (exact) mass is 238 g/mol. The first-order valence-electron chi connectivity index (χ1n) is 7.57. The van der Waals surface area contributed by atoms with Gasteiger partial charge in [-0.1, -0.05) is 27.7 Å². The molecule has 0 aromatic rings. The van der Waals surface area contributed by atoms with Gasteiger partial charge in [0.05, 0.1) is 0 Å². The molecule has 1 aliphatic heterocycles. The van der Waals surface area contributed by atoms with Crippen LogP contribution in [0.2, 0.25) is 0 Å². The molecule has 0 amide bonds. The van der Waals surface area contributed by atoms with Crippen molar-refractivity contribution in [1.29, 1.82) is 0 Å². The number of hydrogen-bond acceptors (Lipinski definition) is 1. The zero-order chi connectivity index (χ0) is 12.5. The summed E-state index contributed by atoms with van der Waals surface area (Å²) in [6.45, 7) is 11.7. The molecule has 0 radical (unpaired) electrons. The van der Waals surface area contributed by atoms with Gasteiger partial charge < -0.3 is 4.74 Å². The van der Waals surface area contributed by atoms with Gasteiger partial charge in [-0.25, -0.2) is 0 Å². The summed E-state index contributed by atoms with van der Waals surface area (Å²) >= 11 is 0. The van der Waals surface area contributed by atoms with Crippen molar-refractivity contribution in [2.45, 2.75) is 59.8 Å². The van der Waals surface area contributed by atoms with Gasteiger partial charge in [0.1, 0.15) is 0 Å². The fourth-order valence-corrected chi connectivity index (χ4v) is 3.92. The van der Waals surface area contributed by atoms with Crippen molar-refractivity contribution in [1.82, 2.24) is 0 Å². The molecule has 1 heteroatoms. The first-order chi connectivity index (χ1) is 7.99. The third kappa shape index (κ3) is 3.71. The largest absolute Gasteiger partial charge is 0.381 e. The maximum Gasteiger partial charge on any atom is 0.0468 e. The molecule has 0 N–H and O–H groups in total. The average Bonchev–Trinajstić information content (AvgIpc) is 2.97. The third-order valence-corrected chi connectivity index (χ3v) is 4.86. The van der Waals surface area contributed by atoms with Gasteiger partial charge >= 0.3 is 0 Å². The van der Waals surface area contributed by atoms with Crippen LogP contribution < -0.4 is 0 Å². The lowest BCUT2D eigenvalue weighted by atomic mass is 9.75. The zero-order valence-corrected chi connectivity index (χ0v) is 12.2. The van der Waals surface area contributed by atoms with E-state index >= 15 is 0 Å². The quantitative estimate of drug-likeness (QED) is 0.684. The van der Waals surface area contributed by atoms with E-state index in [4.69, 9.17) is 4.74 Å². The van der Waals surface area contributed by atoms with Crippen LogP contribution in [0.15, 0.2) is 0 Å². The first kappa shape index (κ1) is 13.4. The molecule has 17 heavy (non-hydrogen) atoms. The Bertz CT molecular complexity index is 238. The molecule has 1 saturated heterocycles. The fourth-order valence-electron chi connectivity index (χ4n) is 3.92. The van der Waals surface area contributed by atoms with Crippen LogP contribution in [-0.4, -0.2) is 13.2 Å². The first-order valence-corrected chi connectivity index (χ1v) is 7.57. The van der Waals surface area contributed by atoms with Crippen molar-refractivity contribution in [3.8, 4) is 0 Å². The smallest absolute Gasteiger partial charge is 0.0468 e. The predicted molar refractivity (Wildman–Crippen MR) is 73.0 cm³/mol. The second-order valence-electron chi connectivity index (χ2n) is 7.48.